The lowest BCUT2D eigenvalue weighted by molar-refractivity contribution is -0.137. The molecule has 0 radical (unpaired) electrons. The number of carbonyl (C=O) groups excluding carboxylic acids is 1. The van der Waals surface area contributed by atoms with Gasteiger partial charge in [0.2, 0.25) is 5.91 Å². The van der Waals surface area contributed by atoms with Crippen LogP contribution in [0.1, 0.15) is 41.5 Å². The van der Waals surface area contributed by atoms with Crippen molar-refractivity contribution in [3.63, 3.8) is 0 Å². The molecule has 38 heavy (non-hydrogen) atoms. The summed E-state index contributed by atoms with van der Waals surface area (Å²) in [4.78, 5) is 17.5. The Balaban J connectivity index is 1.31. The average Bonchev–Trinajstić information content (AvgIpc) is 3.25. The average molecular weight is 525 g/mol. The summed E-state index contributed by atoms with van der Waals surface area (Å²) in [6.07, 6.45) is 3.41. The van der Waals surface area contributed by atoms with Gasteiger partial charge in [-0.25, -0.2) is 0 Å². The molecule has 2 aliphatic carbocycles. The number of amides is 1. The molecule has 5 nitrogen and oxygen atoms in total. The van der Waals surface area contributed by atoms with Crippen LogP contribution in [-0.2, 0) is 22.8 Å². The third-order valence-electron chi connectivity index (χ3n) is 9.24. The standard InChI is InChI=1S/C30H31F3N2O3/c1-3-14-35-15-13-29-21-9-10-22(28(29)38-27-24(36)11-8-19(26(27)29)17-23(21)35)34(2)25(37)12-7-18-5-4-6-20(16-18)30(31,32)33/h3-8,11-12,16,21-23,28,36H,1,9-10,13-15,17H2,2H3/t21-,22+,23+,28-,29-/m0/s1. The molecule has 2 fully saturated rings. The minimum atomic E-state index is -4.44. The summed E-state index contributed by atoms with van der Waals surface area (Å²) in [5, 5.41) is 10.7. The third kappa shape index (κ3) is 3.67. The van der Waals surface area contributed by atoms with Crippen LogP contribution in [0.15, 0.2) is 55.1 Å². The number of aromatic hydroxyl groups is 1. The molecule has 6 rings (SSSR count). The van der Waals surface area contributed by atoms with Gasteiger partial charge in [0, 0.05) is 36.7 Å². The van der Waals surface area contributed by atoms with E-state index >= 15 is 0 Å². The predicted octanol–water partition coefficient (Wildman–Crippen LogP) is 5.18. The monoisotopic (exact) mass is 524 g/mol. The number of rotatable bonds is 5. The van der Waals surface area contributed by atoms with E-state index in [4.69, 9.17) is 4.74 Å². The molecule has 0 unspecified atom stereocenters. The summed E-state index contributed by atoms with van der Waals surface area (Å²) in [7, 11) is 1.74. The van der Waals surface area contributed by atoms with E-state index in [9.17, 15) is 23.1 Å². The van der Waals surface area contributed by atoms with Crippen molar-refractivity contribution in [1.82, 2.24) is 9.80 Å². The van der Waals surface area contributed by atoms with E-state index in [1.165, 1.54) is 23.8 Å². The number of phenolic OH excluding ortho intramolecular Hbond substituents is 1. The van der Waals surface area contributed by atoms with Crippen molar-refractivity contribution in [3.05, 3.63) is 77.4 Å². The van der Waals surface area contributed by atoms with E-state index in [-0.39, 0.29) is 29.2 Å². The SMILES string of the molecule is C=CCN1CC[C@]23c4c5ccc(O)c4O[C@H]2[C@H](N(C)C(=O)C=Cc2cccc(C(F)(F)F)c2)CC[C@H]3[C@H]1C5. The van der Waals surface area contributed by atoms with Crippen LogP contribution in [-0.4, -0.2) is 59.1 Å². The van der Waals surface area contributed by atoms with Crippen LogP contribution in [0.5, 0.6) is 11.5 Å². The molecule has 0 aromatic heterocycles. The van der Waals surface area contributed by atoms with E-state index < -0.39 is 11.7 Å². The van der Waals surface area contributed by atoms with Gasteiger partial charge in [0.1, 0.15) is 6.10 Å². The lowest BCUT2D eigenvalue weighted by Crippen LogP contribution is -2.68. The Morgan fingerprint density at radius 2 is 2.11 bits per heavy atom. The Morgan fingerprint density at radius 3 is 2.87 bits per heavy atom. The van der Waals surface area contributed by atoms with Gasteiger partial charge in [-0.05, 0) is 73.5 Å². The van der Waals surface area contributed by atoms with Crippen molar-refractivity contribution < 1.29 is 27.8 Å². The Hall–Kier alpha value is -3.26. The zero-order valence-electron chi connectivity index (χ0n) is 21.2. The highest BCUT2D eigenvalue weighted by Gasteiger charge is 2.66. The van der Waals surface area contributed by atoms with E-state index in [1.807, 2.05) is 12.1 Å². The molecule has 2 bridgehead atoms. The molecule has 200 valence electrons. The molecule has 2 aromatic carbocycles. The fraction of sp³-hybridized carbons (Fsp3) is 0.433. The van der Waals surface area contributed by atoms with Gasteiger partial charge in [0.05, 0.1) is 11.6 Å². The topological polar surface area (TPSA) is 53.0 Å². The third-order valence-corrected chi connectivity index (χ3v) is 9.24. The van der Waals surface area contributed by atoms with Gasteiger partial charge in [0.25, 0.3) is 0 Å². The fourth-order valence-corrected chi connectivity index (χ4v) is 7.65. The molecule has 1 amide bonds. The first-order chi connectivity index (χ1) is 18.1. The maximum absolute atomic E-state index is 13.3. The van der Waals surface area contributed by atoms with Crippen LogP contribution in [0.4, 0.5) is 13.2 Å². The number of piperidine rings is 1. The van der Waals surface area contributed by atoms with Gasteiger partial charge in [-0.3, -0.25) is 9.69 Å². The lowest BCUT2D eigenvalue weighted by Gasteiger charge is -2.60. The number of hydrogen-bond acceptors (Lipinski definition) is 4. The molecule has 5 atom stereocenters. The van der Waals surface area contributed by atoms with Crippen molar-refractivity contribution in [2.45, 2.75) is 55.5 Å². The van der Waals surface area contributed by atoms with Gasteiger partial charge >= 0.3 is 6.18 Å². The fourth-order valence-electron chi connectivity index (χ4n) is 7.65. The number of likely N-dealkylation sites (tertiary alicyclic amines) is 1. The van der Waals surface area contributed by atoms with Crippen LogP contribution in [0.25, 0.3) is 6.08 Å². The van der Waals surface area contributed by atoms with Crippen LogP contribution >= 0.6 is 0 Å². The second-order valence-electron chi connectivity index (χ2n) is 11.0. The van der Waals surface area contributed by atoms with Crippen LogP contribution < -0.4 is 4.74 Å². The highest BCUT2D eigenvalue weighted by molar-refractivity contribution is 5.92. The number of benzene rings is 2. The molecule has 1 N–H and O–H groups in total. The first kappa shape index (κ1) is 25.0. The number of carbonyl (C=O) groups is 1. The van der Waals surface area contributed by atoms with Gasteiger partial charge in [0.15, 0.2) is 11.5 Å². The summed E-state index contributed by atoms with van der Waals surface area (Å²) < 4.78 is 45.9. The molecule has 2 aliphatic heterocycles. The van der Waals surface area contributed by atoms with Crippen molar-refractivity contribution in [1.29, 1.82) is 0 Å². The number of halogens is 3. The maximum atomic E-state index is 13.3. The molecule has 4 aliphatic rings. The summed E-state index contributed by atoms with van der Waals surface area (Å²) in [5.41, 5.74) is 1.60. The van der Waals surface area contributed by atoms with Crippen LogP contribution in [0.3, 0.4) is 0 Å². The van der Waals surface area contributed by atoms with E-state index in [0.29, 0.717) is 23.3 Å². The van der Waals surface area contributed by atoms with Gasteiger partial charge < -0.3 is 14.7 Å². The highest BCUT2D eigenvalue weighted by Crippen LogP contribution is 2.64. The highest BCUT2D eigenvalue weighted by atomic mass is 19.4. The Morgan fingerprint density at radius 1 is 1.29 bits per heavy atom. The van der Waals surface area contributed by atoms with Crippen molar-refractivity contribution in [2.24, 2.45) is 5.92 Å². The summed E-state index contributed by atoms with van der Waals surface area (Å²) in [6, 6.07) is 8.77. The number of hydrogen-bond donors (Lipinski definition) is 1. The summed E-state index contributed by atoms with van der Waals surface area (Å²) in [6.45, 7) is 5.66. The Kier molecular flexibility index (Phi) is 5.87. The number of likely N-dealkylation sites (N-methyl/N-ethyl adjacent to an activating group) is 1. The molecule has 8 heteroatoms. The summed E-state index contributed by atoms with van der Waals surface area (Å²) in [5.74, 6) is 0.746. The molecular weight excluding hydrogens is 493 g/mol. The largest absolute Gasteiger partial charge is 0.504 e. The van der Waals surface area contributed by atoms with E-state index in [1.54, 1.807) is 24.1 Å². The quantitative estimate of drug-likeness (QED) is 0.433. The van der Waals surface area contributed by atoms with Crippen molar-refractivity contribution in [3.8, 4) is 11.5 Å². The van der Waals surface area contributed by atoms with E-state index in [0.717, 1.165) is 56.5 Å². The van der Waals surface area contributed by atoms with Crippen molar-refractivity contribution in [2.75, 3.05) is 20.1 Å². The Bertz CT molecular complexity index is 1320. The molecular formula is C30H31F3N2O3. The van der Waals surface area contributed by atoms with E-state index in [2.05, 4.69) is 11.5 Å². The molecule has 1 spiro atoms. The zero-order valence-corrected chi connectivity index (χ0v) is 21.2. The van der Waals surface area contributed by atoms with Crippen LogP contribution in [0, 0.1) is 5.92 Å². The number of alkyl halides is 3. The number of phenols is 1. The molecule has 1 saturated carbocycles. The molecule has 2 aromatic rings. The van der Waals surface area contributed by atoms with Crippen LogP contribution in [0.2, 0.25) is 0 Å². The lowest BCUT2D eigenvalue weighted by atomic mass is 9.51. The van der Waals surface area contributed by atoms with Crippen molar-refractivity contribution >= 4 is 12.0 Å². The van der Waals surface area contributed by atoms with Gasteiger partial charge in [-0.15, -0.1) is 6.58 Å². The second kappa shape index (κ2) is 8.90. The normalized spacial score (nSPS) is 29.6. The molecule has 1 saturated heterocycles. The minimum absolute atomic E-state index is 0.135. The second-order valence-corrected chi connectivity index (χ2v) is 11.0. The Labute approximate surface area is 220 Å². The zero-order chi connectivity index (χ0) is 26.8. The summed E-state index contributed by atoms with van der Waals surface area (Å²) >= 11 is 0. The number of nitrogens with zero attached hydrogens (tertiary/aromatic N) is 2. The smallest absolute Gasteiger partial charge is 0.416 e. The maximum Gasteiger partial charge on any atom is 0.416 e. The first-order valence-corrected chi connectivity index (χ1v) is 13.1. The first-order valence-electron chi connectivity index (χ1n) is 13.1. The molecule has 2 heterocycles. The minimum Gasteiger partial charge on any atom is -0.504 e. The predicted molar refractivity (Wildman–Crippen MR) is 138 cm³/mol. The number of ether oxygens (including phenoxy) is 1. The van der Waals surface area contributed by atoms with Gasteiger partial charge in [-0.1, -0.05) is 24.3 Å². The van der Waals surface area contributed by atoms with Gasteiger partial charge in [-0.2, -0.15) is 13.2 Å².